The van der Waals surface area contributed by atoms with Crippen LogP contribution in [-0.2, 0) is 6.42 Å². The predicted octanol–water partition coefficient (Wildman–Crippen LogP) is 1.84. The van der Waals surface area contributed by atoms with Gasteiger partial charge in [0, 0.05) is 11.4 Å². The van der Waals surface area contributed by atoms with E-state index in [2.05, 4.69) is 28.4 Å². The van der Waals surface area contributed by atoms with Crippen LogP contribution in [0.1, 0.15) is 18.9 Å². The topological polar surface area (TPSA) is 54.7 Å². The lowest BCUT2D eigenvalue weighted by molar-refractivity contribution is 0.667. The standard InChI is InChI=1S/C11H15N3/c1-8(12)5-6-9-3-2-4-10-7-13-14-11(9)10/h2-4,7-8H,5-6,12H2,1H3,(H,13,14)/t8-/m1/s1. The van der Waals surface area contributed by atoms with Crippen LogP contribution in [-0.4, -0.2) is 16.2 Å². The molecule has 3 heteroatoms. The van der Waals surface area contributed by atoms with Crippen molar-refractivity contribution in [3.05, 3.63) is 30.0 Å². The van der Waals surface area contributed by atoms with Gasteiger partial charge in [-0.2, -0.15) is 5.10 Å². The van der Waals surface area contributed by atoms with E-state index in [1.807, 2.05) is 13.1 Å². The van der Waals surface area contributed by atoms with Crippen LogP contribution in [0.4, 0.5) is 0 Å². The summed E-state index contributed by atoms with van der Waals surface area (Å²) in [6, 6.07) is 6.51. The first-order valence-electron chi connectivity index (χ1n) is 4.94. The lowest BCUT2D eigenvalue weighted by atomic mass is 10.0. The molecule has 0 amide bonds. The first-order valence-corrected chi connectivity index (χ1v) is 4.94. The van der Waals surface area contributed by atoms with Gasteiger partial charge in [0.25, 0.3) is 0 Å². The molecule has 14 heavy (non-hydrogen) atoms. The number of fused-ring (bicyclic) bond motifs is 1. The zero-order valence-corrected chi connectivity index (χ0v) is 8.33. The minimum Gasteiger partial charge on any atom is -0.328 e. The zero-order valence-electron chi connectivity index (χ0n) is 8.33. The number of benzene rings is 1. The van der Waals surface area contributed by atoms with Crippen molar-refractivity contribution in [2.75, 3.05) is 0 Å². The Balaban J connectivity index is 2.27. The Bertz CT molecular complexity index is 417. The van der Waals surface area contributed by atoms with E-state index in [9.17, 15) is 0 Å². The maximum Gasteiger partial charge on any atom is 0.0682 e. The van der Waals surface area contributed by atoms with E-state index in [1.54, 1.807) is 0 Å². The van der Waals surface area contributed by atoms with Gasteiger partial charge < -0.3 is 5.73 Å². The van der Waals surface area contributed by atoms with Crippen molar-refractivity contribution >= 4 is 10.9 Å². The summed E-state index contributed by atoms with van der Waals surface area (Å²) in [6.45, 7) is 2.03. The highest BCUT2D eigenvalue weighted by molar-refractivity contribution is 5.81. The molecule has 1 aromatic heterocycles. The van der Waals surface area contributed by atoms with Gasteiger partial charge in [0.15, 0.2) is 0 Å². The average Bonchev–Trinajstić information content (AvgIpc) is 2.62. The SMILES string of the molecule is C[C@@H](N)CCc1cccc2cn[nH]c12. The molecule has 3 nitrogen and oxygen atoms in total. The molecule has 0 unspecified atom stereocenters. The molecule has 1 aromatic carbocycles. The Labute approximate surface area is 83.3 Å². The monoisotopic (exact) mass is 189 g/mol. The van der Waals surface area contributed by atoms with Gasteiger partial charge in [0.05, 0.1) is 11.7 Å². The van der Waals surface area contributed by atoms with Gasteiger partial charge in [-0.05, 0) is 25.3 Å². The number of nitrogens with two attached hydrogens (primary N) is 1. The summed E-state index contributed by atoms with van der Waals surface area (Å²) in [5, 5.41) is 8.23. The third-order valence-electron chi connectivity index (χ3n) is 2.43. The van der Waals surface area contributed by atoms with E-state index in [1.165, 1.54) is 10.9 Å². The quantitative estimate of drug-likeness (QED) is 0.774. The average molecular weight is 189 g/mol. The largest absolute Gasteiger partial charge is 0.328 e. The summed E-state index contributed by atoms with van der Waals surface area (Å²) in [5.74, 6) is 0. The van der Waals surface area contributed by atoms with Crippen LogP contribution in [0.15, 0.2) is 24.4 Å². The van der Waals surface area contributed by atoms with Crippen LogP contribution in [0.5, 0.6) is 0 Å². The number of aromatic amines is 1. The zero-order chi connectivity index (χ0) is 9.97. The Morgan fingerprint density at radius 3 is 3.14 bits per heavy atom. The van der Waals surface area contributed by atoms with E-state index in [4.69, 9.17) is 5.73 Å². The highest BCUT2D eigenvalue weighted by Crippen LogP contribution is 2.17. The van der Waals surface area contributed by atoms with Crippen molar-refractivity contribution < 1.29 is 0 Å². The van der Waals surface area contributed by atoms with Crippen LogP contribution in [0, 0.1) is 0 Å². The third-order valence-corrected chi connectivity index (χ3v) is 2.43. The summed E-state index contributed by atoms with van der Waals surface area (Å²) in [7, 11) is 0. The fourth-order valence-corrected chi connectivity index (χ4v) is 1.62. The van der Waals surface area contributed by atoms with Crippen molar-refractivity contribution in [2.24, 2.45) is 5.73 Å². The maximum atomic E-state index is 5.73. The number of rotatable bonds is 3. The van der Waals surface area contributed by atoms with Gasteiger partial charge in [0.2, 0.25) is 0 Å². The Morgan fingerprint density at radius 2 is 2.36 bits per heavy atom. The molecule has 0 aliphatic heterocycles. The van der Waals surface area contributed by atoms with Crippen LogP contribution in [0.25, 0.3) is 10.9 Å². The number of para-hydroxylation sites is 1. The minimum atomic E-state index is 0.258. The highest BCUT2D eigenvalue weighted by atomic mass is 15.1. The Morgan fingerprint density at radius 1 is 1.50 bits per heavy atom. The van der Waals surface area contributed by atoms with Gasteiger partial charge in [-0.1, -0.05) is 18.2 Å². The number of aromatic nitrogens is 2. The van der Waals surface area contributed by atoms with Crippen molar-refractivity contribution in [3.63, 3.8) is 0 Å². The molecule has 0 saturated heterocycles. The second-order valence-electron chi connectivity index (χ2n) is 3.77. The normalized spacial score (nSPS) is 13.3. The molecular weight excluding hydrogens is 174 g/mol. The molecule has 0 aliphatic rings. The molecule has 0 spiro atoms. The van der Waals surface area contributed by atoms with E-state index in [0.717, 1.165) is 18.4 Å². The number of nitrogens with zero attached hydrogens (tertiary/aromatic N) is 1. The summed E-state index contributed by atoms with van der Waals surface area (Å²) < 4.78 is 0. The number of nitrogens with one attached hydrogen (secondary N) is 1. The van der Waals surface area contributed by atoms with Crippen LogP contribution in [0.2, 0.25) is 0 Å². The highest BCUT2D eigenvalue weighted by Gasteiger charge is 2.03. The van der Waals surface area contributed by atoms with Gasteiger partial charge in [0.1, 0.15) is 0 Å². The summed E-state index contributed by atoms with van der Waals surface area (Å²) >= 11 is 0. The fourth-order valence-electron chi connectivity index (χ4n) is 1.62. The summed E-state index contributed by atoms with van der Waals surface area (Å²) in [6.07, 6.45) is 3.88. The van der Waals surface area contributed by atoms with Gasteiger partial charge >= 0.3 is 0 Å². The molecule has 0 fully saturated rings. The molecule has 0 aliphatic carbocycles. The van der Waals surface area contributed by atoms with E-state index in [-0.39, 0.29) is 6.04 Å². The molecule has 1 heterocycles. The Hall–Kier alpha value is -1.35. The molecular formula is C11H15N3. The van der Waals surface area contributed by atoms with Crippen molar-refractivity contribution in [1.29, 1.82) is 0 Å². The first kappa shape index (κ1) is 9.21. The number of aryl methyl sites for hydroxylation is 1. The predicted molar refractivity (Wildman–Crippen MR) is 58.1 cm³/mol. The van der Waals surface area contributed by atoms with E-state index in [0.29, 0.717) is 0 Å². The van der Waals surface area contributed by atoms with Crippen LogP contribution in [0.3, 0.4) is 0 Å². The van der Waals surface area contributed by atoms with E-state index < -0.39 is 0 Å². The summed E-state index contributed by atoms with van der Waals surface area (Å²) in [4.78, 5) is 0. The maximum absolute atomic E-state index is 5.73. The lowest BCUT2D eigenvalue weighted by Crippen LogP contribution is -2.15. The van der Waals surface area contributed by atoms with Gasteiger partial charge in [-0.3, -0.25) is 5.10 Å². The lowest BCUT2D eigenvalue weighted by Gasteiger charge is -2.05. The second kappa shape index (κ2) is 3.80. The third kappa shape index (κ3) is 1.77. The molecule has 0 radical (unpaired) electrons. The molecule has 3 N–H and O–H groups in total. The Kier molecular flexibility index (Phi) is 2.50. The molecule has 2 rings (SSSR count). The number of hydrogen-bond acceptors (Lipinski definition) is 2. The smallest absolute Gasteiger partial charge is 0.0682 e. The number of hydrogen-bond donors (Lipinski definition) is 2. The number of H-pyrrole nitrogens is 1. The van der Waals surface area contributed by atoms with Crippen molar-refractivity contribution in [2.45, 2.75) is 25.8 Å². The van der Waals surface area contributed by atoms with Gasteiger partial charge in [-0.25, -0.2) is 0 Å². The second-order valence-corrected chi connectivity index (χ2v) is 3.77. The minimum absolute atomic E-state index is 0.258. The molecule has 2 aromatic rings. The molecule has 0 saturated carbocycles. The first-order chi connectivity index (χ1) is 6.77. The van der Waals surface area contributed by atoms with Crippen molar-refractivity contribution in [1.82, 2.24) is 10.2 Å². The molecule has 74 valence electrons. The van der Waals surface area contributed by atoms with E-state index >= 15 is 0 Å². The fraction of sp³-hybridized carbons (Fsp3) is 0.364. The van der Waals surface area contributed by atoms with Crippen molar-refractivity contribution in [3.8, 4) is 0 Å². The van der Waals surface area contributed by atoms with Gasteiger partial charge in [-0.15, -0.1) is 0 Å². The molecule has 1 atom stereocenters. The van der Waals surface area contributed by atoms with Crippen LogP contribution >= 0.6 is 0 Å². The van der Waals surface area contributed by atoms with Crippen LogP contribution < -0.4 is 5.73 Å². The molecule has 0 bridgehead atoms. The summed E-state index contributed by atoms with van der Waals surface area (Å²) in [5.41, 5.74) is 8.18.